The minimum absolute atomic E-state index is 0.271. The molecule has 0 fully saturated rings. The molecule has 28 heavy (non-hydrogen) atoms. The molecule has 0 aliphatic carbocycles. The van der Waals surface area contributed by atoms with E-state index in [2.05, 4.69) is 15.6 Å². The Kier molecular flexibility index (Phi) is 6.29. The summed E-state index contributed by atoms with van der Waals surface area (Å²) in [5.74, 6) is 0.854. The van der Waals surface area contributed by atoms with E-state index < -0.39 is 5.91 Å². The van der Waals surface area contributed by atoms with Crippen molar-refractivity contribution in [2.24, 2.45) is 5.10 Å². The van der Waals surface area contributed by atoms with Crippen LogP contribution in [0.25, 0.3) is 0 Å². The van der Waals surface area contributed by atoms with Crippen LogP contribution in [0.1, 0.15) is 21.6 Å². The molecule has 0 unspecified atom stereocenters. The van der Waals surface area contributed by atoms with Crippen molar-refractivity contribution in [1.29, 1.82) is 0 Å². The smallest absolute Gasteiger partial charge is 0.291 e. The number of rotatable bonds is 7. The summed E-state index contributed by atoms with van der Waals surface area (Å²) >= 11 is 5.88. The average Bonchev–Trinajstić information content (AvgIpc) is 3.18. The molecule has 7 nitrogen and oxygen atoms in total. The van der Waals surface area contributed by atoms with Crippen molar-refractivity contribution in [3.63, 3.8) is 0 Å². The molecule has 1 heterocycles. The predicted molar refractivity (Wildman–Crippen MR) is 107 cm³/mol. The van der Waals surface area contributed by atoms with E-state index >= 15 is 0 Å². The largest absolute Gasteiger partial charge is 0.497 e. The van der Waals surface area contributed by atoms with E-state index in [-0.39, 0.29) is 5.69 Å². The Morgan fingerprint density at radius 1 is 1.18 bits per heavy atom. The Hall–Kier alpha value is -3.32. The number of halogens is 1. The van der Waals surface area contributed by atoms with Gasteiger partial charge in [-0.15, -0.1) is 0 Å². The standard InChI is InChI=1S/C20H19ClN4O3/c1-27-17-8-5-15(19(11-17)28-2)12-22-23-20(26)18-9-10-25(24-18)13-14-3-6-16(21)7-4-14/h3-12H,13H2,1-2H3,(H,23,26). The molecule has 0 spiro atoms. The lowest BCUT2D eigenvalue weighted by Crippen LogP contribution is -2.18. The highest BCUT2D eigenvalue weighted by molar-refractivity contribution is 6.30. The SMILES string of the molecule is COc1ccc(C=NNC(=O)c2ccn(Cc3ccc(Cl)cc3)n2)c(OC)c1. The molecule has 0 radical (unpaired) electrons. The number of ether oxygens (including phenoxy) is 2. The summed E-state index contributed by atoms with van der Waals surface area (Å²) in [5, 5.41) is 8.92. The third kappa shape index (κ3) is 4.89. The van der Waals surface area contributed by atoms with Gasteiger partial charge in [-0.05, 0) is 35.9 Å². The summed E-state index contributed by atoms with van der Waals surface area (Å²) in [6.07, 6.45) is 3.24. The second kappa shape index (κ2) is 9.05. The summed E-state index contributed by atoms with van der Waals surface area (Å²) < 4.78 is 12.1. The first-order chi connectivity index (χ1) is 13.6. The van der Waals surface area contributed by atoms with E-state index in [1.54, 1.807) is 49.4 Å². The molecule has 3 rings (SSSR count). The molecule has 1 N–H and O–H groups in total. The Balaban J connectivity index is 1.61. The second-order valence-corrected chi connectivity index (χ2v) is 6.27. The maximum Gasteiger partial charge on any atom is 0.291 e. The molecule has 0 aliphatic rings. The van der Waals surface area contributed by atoms with Crippen LogP contribution in [-0.2, 0) is 6.54 Å². The minimum atomic E-state index is -0.404. The van der Waals surface area contributed by atoms with Crippen LogP contribution in [0, 0.1) is 0 Å². The predicted octanol–water partition coefficient (Wildman–Crippen LogP) is 3.37. The maximum absolute atomic E-state index is 12.2. The zero-order chi connectivity index (χ0) is 19.9. The van der Waals surface area contributed by atoms with Crippen LogP contribution in [0.5, 0.6) is 11.5 Å². The van der Waals surface area contributed by atoms with Crippen molar-refractivity contribution in [2.75, 3.05) is 14.2 Å². The number of carbonyl (C=O) groups is 1. The molecule has 0 bridgehead atoms. The van der Waals surface area contributed by atoms with Gasteiger partial charge in [-0.2, -0.15) is 10.2 Å². The normalized spacial score (nSPS) is 10.8. The van der Waals surface area contributed by atoms with Crippen molar-refractivity contribution in [3.05, 3.63) is 76.6 Å². The topological polar surface area (TPSA) is 77.7 Å². The number of methoxy groups -OCH3 is 2. The molecule has 1 aromatic heterocycles. The second-order valence-electron chi connectivity index (χ2n) is 5.83. The lowest BCUT2D eigenvalue weighted by molar-refractivity contribution is 0.0949. The van der Waals surface area contributed by atoms with E-state index in [1.165, 1.54) is 6.21 Å². The van der Waals surface area contributed by atoms with Crippen LogP contribution in [-0.4, -0.2) is 36.1 Å². The Morgan fingerprint density at radius 2 is 1.96 bits per heavy atom. The molecule has 1 amide bonds. The van der Waals surface area contributed by atoms with Gasteiger partial charge in [-0.1, -0.05) is 23.7 Å². The summed E-state index contributed by atoms with van der Waals surface area (Å²) in [6.45, 7) is 0.538. The fourth-order valence-corrected chi connectivity index (χ4v) is 2.62. The molecule has 144 valence electrons. The van der Waals surface area contributed by atoms with Crippen LogP contribution in [0.4, 0.5) is 0 Å². The molecule has 8 heteroatoms. The summed E-state index contributed by atoms with van der Waals surface area (Å²) in [5.41, 5.74) is 4.47. The molecule has 0 saturated heterocycles. The first-order valence-corrected chi connectivity index (χ1v) is 8.80. The lowest BCUT2D eigenvalue weighted by Gasteiger charge is -2.06. The summed E-state index contributed by atoms with van der Waals surface area (Å²) in [6, 6.07) is 14.4. The highest BCUT2D eigenvalue weighted by Crippen LogP contribution is 2.23. The Bertz CT molecular complexity index is 983. The van der Waals surface area contributed by atoms with Crippen molar-refractivity contribution in [3.8, 4) is 11.5 Å². The van der Waals surface area contributed by atoms with Gasteiger partial charge in [0.1, 0.15) is 11.5 Å². The number of amides is 1. The Morgan fingerprint density at radius 3 is 2.68 bits per heavy atom. The van der Waals surface area contributed by atoms with E-state index in [0.29, 0.717) is 28.6 Å². The third-order valence-electron chi connectivity index (χ3n) is 3.94. The summed E-state index contributed by atoms with van der Waals surface area (Å²) in [4.78, 5) is 12.2. The summed E-state index contributed by atoms with van der Waals surface area (Å²) in [7, 11) is 3.13. The van der Waals surface area contributed by atoms with Gasteiger partial charge in [0, 0.05) is 22.8 Å². The van der Waals surface area contributed by atoms with Crippen LogP contribution >= 0.6 is 11.6 Å². The quantitative estimate of drug-likeness (QED) is 0.489. The number of carbonyl (C=O) groups excluding carboxylic acids is 1. The maximum atomic E-state index is 12.2. The minimum Gasteiger partial charge on any atom is -0.497 e. The number of aromatic nitrogens is 2. The average molecular weight is 399 g/mol. The van der Waals surface area contributed by atoms with Gasteiger partial charge in [0.15, 0.2) is 5.69 Å². The van der Waals surface area contributed by atoms with E-state index in [9.17, 15) is 4.79 Å². The highest BCUT2D eigenvalue weighted by atomic mass is 35.5. The van der Waals surface area contributed by atoms with Crippen molar-refractivity contribution in [1.82, 2.24) is 15.2 Å². The molecule has 3 aromatic rings. The highest BCUT2D eigenvalue weighted by Gasteiger charge is 2.09. The van der Waals surface area contributed by atoms with Gasteiger partial charge in [0.05, 0.1) is 27.0 Å². The molecular formula is C20H19ClN4O3. The van der Waals surface area contributed by atoms with E-state index in [0.717, 1.165) is 5.56 Å². The van der Waals surface area contributed by atoms with Gasteiger partial charge in [0.25, 0.3) is 5.91 Å². The zero-order valence-electron chi connectivity index (χ0n) is 15.4. The fourth-order valence-electron chi connectivity index (χ4n) is 2.49. The number of benzene rings is 2. The van der Waals surface area contributed by atoms with Crippen LogP contribution in [0.3, 0.4) is 0 Å². The molecule has 2 aromatic carbocycles. The van der Waals surface area contributed by atoms with Crippen LogP contribution in [0.2, 0.25) is 5.02 Å². The number of nitrogens with zero attached hydrogens (tertiary/aromatic N) is 3. The Labute approximate surface area is 167 Å². The van der Waals surface area contributed by atoms with Gasteiger partial charge in [0.2, 0.25) is 0 Å². The third-order valence-corrected chi connectivity index (χ3v) is 4.19. The van der Waals surface area contributed by atoms with E-state index in [4.69, 9.17) is 21.1 Å². The molecule has 0 saturated carbocycles. The number of hydrazone groups is 1. The zero-order valence-corrected chi connectivity index (χ0v) is 16.2. The first-order valence-electron chi connectivity index (χ1n) is 8.42. The monoisotopic (exact) mass is 398 g/mol. The number of hydrogen-bond acceptors (Lipinski definition) is 5. The van der Waals surface area contributed by atoms with Crippen molar-refractivity contribution in [2.45, 2.75) is 6.54 Å². The van der Waals surface area contributed by atoms with Crippen LogP contribution < -0.4 is 14.9 Å². The van der Waals surface area contributed by atoms with Gasteiger partial charge >= 0.3 is 0 Å². The van der Waals surface area contributed by atoms with Gasteiger partial charge in [-0.3, -0.25) is 9.48 Å². The first kappa shape index (κ1) is 19.4. The van der Waals surface area contributed by atoms with Crippen molar-refractivity contribution < 1.29 is 14.3 Å². The molecule has 0 aliphatic heterocycles. The number of hydrogen-bond donors (Lipinski definition) is 1. The number of nitrogens with one attached hydrogen (secondary N) is 1. The van der Waals surface area contributed by atoms with Gasteiger partial charge in [-0.25, -0.2) is 5.43 Å². The molecular weight excluding hydrogens is 380 g/mol. The fraction of sp³-hybridized carbons (Fsp3) is 0.150. The lowest BCUT2D eigenvalue weighted by atomic mass is 10.2. The van der Waals surface area contributed by atoms with Crippen molar-refractivity contribution >= 4 is 23.7 Å². The van der Waals surface area contributed by atoms with Crippen LogP contribution in [0.15, 0.2) is 59.8 Å². The van der Waals surface area contributed by atoms with E-state index in [1.807, 2.05) is 24.3 Å². The van der Waals surface area contributed by atoms with Gasteiger partial charge < -0.3 is 9.47 Å². The molecule has 0 atom stereocenters.